The number of halogens is 1. The molecule has 2 heterocycles. The van der Waals surface area contributed by atoms with E-state index in [1.165, 1.54) is 0 Å². The van der Waals surface area contributed by atoms with Crippen molar-refractivity contribution in [1.82, 2.24) is 15.0 Å². The summed E-state index contributed by atoms with van der Waals surface area (Å²) in [7, 11) is 0. The monoisotopic (exact) mass is 454 g/mol. The van der Waals surface area contributed by atoms with Gasteiger partial charge >= 0.3 is 0 Å². The van der Waals surface area contributed by atoms with E-state index in [-0.39, 0.29) is 17.7 Å². The number of hydrogen-bond donors (Lipinski definition) is 1. The van der Waals surface area contributed by atoms with Gasteiger partial charge in [-0.05, 0) is 47.6 Å². The summed E-state index contributed by atoms with van der Waals surface area (Å²) in [5.74, 6) is 0.629. The minimum absolute atomic E-state index is 0.0388. The van der Waals surface area contributed by atoms with Crippen LogP contribution in [0, 0.1) is 9.49 Å². The molecule has 132 valence electrons. The van der Waals surface area contributed by atoms with Gasteiger partial charge in [-0.25, -0.2) is 0 Å². The van der Waals surface area contributed by atoms with Crippen LogP contribution in [0.2, 0.25) is 0 Å². The molecule has 0 atom stereocenters. The minimum atomic E-state index is -0.277. The standard InChI is InChI=1S/C17H19IN4O3/c18-13-3-1-12(2-4-13)17-20-14(25-21-17)5-6-15(23)22-9-7-11(8-10-22)16(19)24/h1-4,11H,5-10H2,(H2,19,24). The third kappa shape index (κ3) is 4.56. The number of piperidine rings is 1. The Hall–Kier alpha value is -1.97. The summed E-state index contributed by atoms with van der Waals surface area (Å²) in [6.07, 6.45) is 2.00. The highest BCUT2D eigenvalue weighted by atomic mass is 127. The largest absolute Gasteiger partial charge is 0.369 e. The lowest BCUT2D eigenvalue weighted by molar-refractivity contribution is -0.134. The van der Waals surface area contributed by atoms with E-state index in [4.69, 9.17) is 10.3 Å². The van der Waals surface area contributed by atoms with Gasteiger partial charge in [0.1, 0.15) is 0 Å². The predicted molar refractivity (Wildman–Crippen MR) is 99.3 cm³/mol. The van der Waals surface area contributed by atoms with E-state index >= 15 is 0 Å². The molecule has 0 aliphatic carbocycles. The van der Waals surface area contributed by atoms with Crippen molar-refractivity contribution in [3.8, 4) is 11.4 Å². The number of rotatable bonds is 5. The molecule has 0 spiro atoms. The van der Waals surface area contributed by atoms with Gasteiger partial charge in [0, 0.05) is 41.0 Å². The number of carbonyl (C=O) groups is 2. The van der Waals surface area contributed by atoms with Crippen LogP contribution in [-0.4, -0.2) is 39.9 Å². The van der Waals surface area contributed by atoms with E-state index in [0.29, 0.717) is 50.5 Å². The molecular weight excluding hydrogens is 435 g/mol. The first kappa shape index (κ1) is 17.8. The Morgan fingerprint density at radius 2 is 1.92 bits per heavy atom. The summed E-state index contributed by atoms with van der Waals surface area (Å²) in [6.45, 7) is 1.15. The summed E-state index contributed by atoms with van der Waals surface area (Å²) in [5.41, 5.74) is 6.20. The number of nitrogens with two attached hydrogens (primary N) is 1. The van der Waals surface area contributed by atoms with Crippen molar-refractivity contribution in [3.05, 3.63) is 33.7 Å². The molecule has 2 amide bonds. The van der Waals surface area contributed by atoms with Gasteiger partial charge in [-0.1, -0.05) is 17.3 Å². The third-order valence-electron chi connectivity index (χ3n) is 4.37. The molecule has 1 aliphatic heterocycles. The number of aryl methyl sites for hydroxylation is 1. The fourth-order valence-corrected chi connectivity index (χ4v) is 3.22. The molecule has 0 radical (unpaired) electrons. The highest BCUT2D eigenvalue weighted by Crippen LogP contribution is 2.19. The number of amides is 2. The molecule has 7 nitrogen and oxygen atoms in total. The molecule has 2 N–H and O–H groups in total. The first-order valence-electron chi connectivity index (χ1n) is 8.18. The van der Waals surface area contributed by atoms with Crippen LogP contribution in [0.1, 0.15) is 25.2 Å². The fourth-order valence-electron chi connectivity index (χ4n) is 2.86. The summed E-state index contributed by atoms with van der Waals surface area (Å²) in [5, 5.41) is 3.97. The van der Waals surface area contributed by atoms with E-state index in [2.05, 4.69) is 32.7 Å². The maximum absolute atomic E-state index is 12.3. The smallest absolute Gasteiger partial charge is 0.227 e. The molecule has 1 fully saturated rings. The van der Waals surface area contributed by atoms with Crippen LogP contribution in [0.15, 0.2) is 28.8 Å². The van der Waals surface area contributed by atoms with Crippen molar-refractivity contribution in [1.29, 1.82) is 0 Å². The molecule has 2 aromatic rings. The van der Waals surface area contributed by atoms with Crippen molar-refractivity contribution >= 4 is 34.4 Å². The predicted octanol–water partition coefficient (Wildman–Crippen LogP) is 2.00. The third-order valence-corrected chi connectivity index (χ3v) is 5.09. The Bertz CT molecular complexity index is 752. The highest BCUT2D eigenvalue weighted by Gasteiger charge is 2.25. The topological polar surface area (TPSA) is 102 Å². The number of benzene rings is 1. The van der Waals surface area contributed by atoms with Crippen LogP contribution >= 0.6 is 22.6 Å². The van der Waals surface area contributed by atoms with Gasteiger partial charge in [0.05, 0.1) is 0 Å². The lowest BCUT2D eigenvalue weighted by Crippen LogP contribution is -2.41. The fraction of sp³-hybridized carbons (Fsp3) is 0.412. The summed E-state index contributed by atoms with van der Waals surface area (Å²) in [4.78, 5) is 29.6. The molecular formula is C17H19IN4O3. The second-order valence-electron chi connectivity index (χ2n) is 6.08. The van der Waals surface area contributed by atoms with E-state index in [0.717, 1.165) is 9.13 Å². The van der Waals surface area contributed by atoms with Crippen LogP contribution in [-0.2, 0) is 16.0 Å². The molecule has 25 heavy (non-hydrogen) atoms. The Morgan fingerprint density at radius 3 is 2.56 bits per heavy atom. The number of likely N-dealkylation sites (tertiary alicyclic amines) is 1. The van der Waals surface area contributed by atoms with Gasteiger partial charge in [-0.15, -0.1) is 0 Å². The van der Waals surface area contributed by atoms with Crippen LogP contribution in [0.25, 0.3) is 11.4 Å². The van der Waals surface area contributed by atoms with Crippen molar-refractivity contribution < 1.29 is 14.1 Å². The first-order valence-corrected chi connectivity index (χ1v) is 9.26. The quantitative estimate of drug-likeness (QED) is 0.697. The van der Waals surface area contributed by atoms with Gasteiger partial charge in [0.2, 0.25) is 23.5 Å². The molecule has 0 saturated carbocycles. The van der Waals surface area contributed by atoms with Gasteiger partial charge in [-0.2, -0.15) is 4.98 Å². The zero-order valence-corrected chi connectivity index (χ0v) is 15.8. The zero-order chi connectivity index (χ0) is 17.8. The Morgan fingerprint density at radius 1 is 1.24 bits per heavy atom. The van der Waals surface area contributed by atoms with Gasteiger partial charge in [-0.3, -0.25) is 9.59 Å². The van der Waals surface area contributed by atoms with Gasteiger partial charge < -0.3 is 15.2 Å². The SMILES string of the molecule is NC(=O)C1CCN(C(=O)CCc2nc(-c3ccc(I)cc3)no2)CC1. The lowest BCUT2D eigenvalue weighted by atomic mass is 9.96. The molecule has 0 bridgehead atoms. The number of aromatic nitrogens is 2. The van der Waals surface area contributed by atoms with Crippen LogP contribution < -0.4 is 5.73 Å². The normalized spacial score (nSPS) is 15.3. The van der Waals surface area contributed by atoms with E-state index in [1.54, 1.807) is 4.90 Å². The van der Waals surface area contributed by atoms with Gasteiger partial charge in [0.25, 0.3) is 0 Å². The molecule has 1 aliphatic rings. The van der Waals surface area contributed by atoms with Crippen molar-refractivity contribution in [2.45, 2.75) is 25.7 Å². The van der Waals surface area contributed by atoms with Crippen LogP contribution in [0.4, 0.5) is 0 Å². The van der Waals surface area contributed by atoms with Crippen LogP contribution in [0.3, 0.4) is 0 Å². The number of nitrogens with zero attached hydrogens (tertiary/aromatic N) is 3. The molecule has 1 aromatic heterocycles. The minimum Gasteiger partial charge on any atom is -0.369 e. The maximum Gasteiger partial charge on any atom is 0.227 e. The first-order chi connectivity index (χ1) is 12.0. The van der Waals surface area contributed by atoms with E-state index in [9.17, 15) is 9.59 Å². The van der Waals surface area contributed by atoms with Crippen LogP contribution in [0.5, 0.6) is 0 Å². The molecule has 1 saturated heterocycles. The Kier molecular flexibility index (Phi) is 5.67. The maximum atomic E-state index is 12.3. The Labute approximate surface area is 159 Å². The second kappa shape index (κ2) is 7.94. The van der Waals surface area contributed by atoms with E-state index in [1.807, 2.05) is 24.3 Å². The average Bonchev–Trinajstić information content (AvgIpc) is 3.09. The zero-order valence-electron chi connectivity index (χ0n) is 13.7. The molecule has 8 heteroatoms. The van der Waals surface area contributed by atoms with Gasteiger partial charge in [0.15, 0.2) is 0 Å². The molecule has 3 rings (SSSR count). The number of primary amides is 1. The lowest BCUT2D eigenvalue weighted by Gasteiger charge is -2.30. The van der Waals surface area contributed by atoms with Crippen molar-refractivity contribution in [3.63, 3.8) is 0 Å². The number of carbonyl (C=O) groups excluding carboxylic acids is 2. The van der Waals surface area contributed by atoms with Crippen molar-refractivity contribution in [2.75, 3.05) is 13.1 Å². The summed E-state index contributed by atoms with van der Waals surface area (Å²) >= 11 is 2.24. The summed E-state index contributed by atoms with van der Waals surface area (Å²) in [6, 6.07) is 7.82. The second-order valence-corrected chi connectivity index (χ2v) is 7.32. The number of hydrogen-bond acceptors (Lipinski definition) is 5. The average molecular weight is 454 g/mol. The van der Waals surface area contributed by atoms with Crippen molar-refractivity contribution in [2.24, 2.45) is 11.7 Å². The highest BCUT2D eigenvalue weighted by molar-refractivity contribution is 14.1. The molecule has 0 unspecified atom stereocenters. The van der Waals surface area contributed by atoms with E-state index < -0.39 is 0 Å². The Balaban J connectivity index is 1.51. The molecule has 1 aromatic carbocycles. The summed E-state index contributed by atoms with van der Waals surface area (Å²) < 4.78 is 6.38.